The van der Waals surface area contributed by atoms with Crippen molar-refractivity contribution in [1.82, 2.24) is 0 Å². The Balaban J connectivity index is 2.88. The molecule has 1 unspecified atom stereocenters. The fourth-order valence-corrected chi connectivity index (χ4v) is 1.38. The third-order valence-electron chi connectivity index (χ3n) is 1.95. The Morgan fingerprint density at radius 1 is 1.43 bits per heavy atom. The second-order valence-electron chi connectivity index (χ2n) is 2.96. The molecule has 0 radical (unpaired) electrons. The van der Waals surface area contributed by atoms with Gasteiger partial charge in [0, 0.05) is 7.11 Å². The number of methoxy groups -OCH3 is 2. The van der Waals surface area contributed by atoms with Gasteiger partial charge in [-0.15, -0.1) is 0 Å². The van der Waals surface area contributed by atoms with Crippen LogP contribution in [0.4, 0.5) is 0 Å². The lowest BCUT2D eigenvalue weighted by Crippen LogP contribution is -2.15. The van der Waals surface area contributed by atoms with E-state index in [1.165, 1.54) is 0 Å². The number of hydrogen-bond donors (Lipinski definition) is 1. The first-order valence-corrected chi connectivity index (χ1v) is 4.64. The number of halogens is 1. The van der Waals surface area contributed by atoms with Gasteiger partial charge in [-0.2, -0.15) is 0 Å². The Hall–Kier alpha value is -0.770. The lowest BCUT2D eigenvalue weighted by Gasteiger charge is -2.12. The fourth-order valence-electron chi connectivity index (χ4n) is 1.18. The van der Waals surface area contributed by atoms with Gasteiger partial charge < -0.3 is 15.2 Å². The average Bonchev–Trinajstić information content (AvgIpc) is 2.19. The molecule has 1 aromatic carbocycles. The first-order chi connectivity index (χ1) is 6.69. The average molecular weight is 216 g/mol. The molecule has 0 bridgehead atoms. The minimum absolute atomic E-state index is 0.147. The van der Waals surface area contributed by atoms with Gasteiger partial charge in [0.05, 0.1) is 24.8 Å². The van der Waals surface area contributed by atoms with Crippen molar-refractivity contribution in [1.29, 1.82) is 0 Å². The molecule has 1 aromatic rings. The Morgan fingerprint density at radius 3 is 2.71 bits per heavy atom. The Labute approximate surface area is 88.8 Å². The van der Waals surface area contributed by atoms with E-state index in [0.29, 0.717) is 17.4 Å². The lowest BCUT2D eigenvalue weighted by molar-refractivity contribution is 0.181. The van der Waals surface area contributed by atoms with E-state index >= 15 is 0 Å². The van der Waals surface area contributed by atoms with Crippen molar-refractivity contribution in [2.45, 2.75) is 6.04 Å². The van der Waals surface area contributed by atoms with Crippen LogP contribution in [-0.2, 0) is 4.74 Å². The minimum atomic E-state index is -0.147. The van der Waals surface area contributed by atoms with Crippen LogP contribution in [0, 0.1) is 0 Å². The van der Waals surface area contributed by atoms with Gasteiger partial charge in [-0.25, -0.2) is 0 Å². The van der Waals surface area contributed by atoms with Crippen molar-refractivity contribution in [2.75, 3.05) is 20.8 Å². The molecule has 0 aliphatic rings. The molecule has 0 amide bonds. The zero-order valence-corrected chi connectivity index (χ0v) is 9.04. The summed E-state index contributed by atoms with van der Waals surface area (Å²) in [7, 11) is 3.19. The molecule has 4 heteroatoms. The second-order valence-corrected chi connectivity index (χ2v) is 3.36. The molecular weight excluding hydrogens is 202 g/mol. The highest BCUT2D eigenvalue weighted by Crippen LogP contribution is 2.27. The predicted octanol–water partition coefficient (Wildman–Crippen LogP) is 1.99. The molecule has 0 aliphatic heterocycles. The Morgan fingerprint density at radius 2 is 2.14 bits per heavy atom. The molecular formula is C10H14ClNO2. The number of nitrogens with two attached hydrogens (primary N) is 1. The number of ether oxygens (including phenoxy) is 2. The summed E-state index contributed by atoms with van der Waals surface area (Å²) in [5.41, 5.74) is 6.81. The largest absolute Gasteiger partial charge is 0.495 e. The number of rotatable bonds is 4. The molecule has 3 nitrogen and oxygen atoms in total. The first kappa shape index (κ1) is 11.3. The van der Waals surface area contributed by atoms with E-state index in [-0.39, 0.29) is 6.04 Å². The molecule has 1 rings (SSSR count). The number of hydrogen-bond acceptors (Lipinski definition) is 3. The summed E-state index contributed by atoms with van der Waals surface area (Å²) in [4.78, 5) is 0. The van der Waals surface area contributed by atoms with Gasteiger partial charge in [0.1, 0.15) is 5.75 Å². The minimum Gasteiger partial charge on any atom is -0.495 e. The van der Waals surface area contributed by atoms with Crippen LogP contribution in [0.1, 0.15) is 11.6 Å². The highest BCUT2D eigenvalue weighted by atomic mass is 35.5. The predicted molar refractivity (Wildman–Crippen MR) is 56.8 cm³/mol. The molecule has 0 aliphatic carbocycles. The van der Waals surface area contributed by atoms with Crippen LogP contribution >= 0.6 is 11.6 Å². The molecule has 0 aromatic heterocycles. The van der Waals surface area contributed by atoms with Gasteiger partial charge in [0.25, 0.3) is 0 Å². The first-order valence-electron chi connectivity index (χ1n) is 4.27. The van der Waals surface area contributed by atoms with Crippen molar-refractivity contribution in [3.8, 4) is 5.75 Å². The Kier molecular flexibility index (Phi) is 4.20. The third kappa shape index (κ3) is 2.61. The van der Waals surface area contributed by atoms with E-state index in [9.17, 15) is 0 Å². The van der Waals surface area contributed by atoms with Crippen LogP contribution in [0.3, 0.4) is 0 Å². The van der Waals surface area contributed by atoms with E-state index in [0.717, 1.165) is 5.56 Å². The highest BCUT2D eigenvalue weighted by Gasteiger charge is 2.08. The fraction of sp³-hybridized carbons (Fsp3) is 0.400. The molecule has 0 heterocycles. The van der Waals surface area contributed by atoms with Crippen LogP contribution in [0.5, 0.6) is 5.75 Å². The van der Waals surface area contributed by atoms with Gasteiger partial charge in [-0.1, -0.05) is 17.7 Å². The number of benzene rings is 1. The van der Waals surface area contributed by atoms with Gasteiger partial charge >= 0.3 is 0 Å². The van der Waals surface area contributed by atoms with Crippen LogP contribution in [0.2, 0.25) is 5.02 Å². The summed E-state index contributed by atoms with van der Waals surface area (Å²) in [6.45, 7) is 0.477. The third-order valence-corrected chi connectivity index (χ3v) is 2.26. The zero-order chi connectivity index (χ0) is 10.6. The van der Waals surface area contributed by atoms with Crippen molar-refractivity contribution in [3.05, 3.63) is 28.8 Å². The summed E-state index contributed by atoms with van der Waals surface area (Å²) < 4.78 is 10.0. The molecule has 0 spiro atoms. The van der Waals surface area contributed by atoms with Gasteiger partial charge in [0.15, 0.2) is 0 Å². The van der Waals surface area contributed by atoms with E-state index in [1.807, 2.05) is 12.1 Å². The molecule has 0 fully saturated rings. The van der Waals surface area contributed by atoms with Crippen molar-refractivity contribution < 1.29 is 9.47 Å². The molecule has 0 saturated heterocycles. The lowest BCUT2D eigenvalue weighted by atomic mass is 10.1. The van der Waals surface area contributed by atoms with Crippen LogP contribution in [0.15, 0.2) is 18.2 Å². The summed E-state index contributed by atoms with van der Waals surface area (Å²) in [5, 5.41) is 0.584. The summed E-state index contributed by atoms with van der Waals surface area (Å²) in [5.74, 6) is 0.635. The maximum Gasteiger partial charge on any atom is 0.137 e. The van der Waals surface area contributed by atoms with Crippen LogP contribution in [0.25, 0.3) is 0 Å². The topological polar surface area (TPSA) is 44.5 Å². The maximum absolute atomic E-state index is 5.88. The van der Waals surface area contributed by atoms with Gasteiger partial charge in [-0.3, -0.25) is 0 Å². The molecule has 78 valence electrons. The summed E-state index contributed by atoms with van der Waals surface area (Å²) in [6.07, 6.45) is 0. The SMILES string of the molecule is COCC(N)c1ccc(Cl)c(OC)c1. The summed E-state index contributed by atoms with van der Waals surface area (Å²) in [6, 6.07) is 5.32. The smallest absolute Gasteiger partial charge is 0.137 e. The molecule has 1 atom stereocenters. The molecule has 2 N–H and O–H groups in total. The maximum atomic E-state index is 5.88. The van der Waals surface area contributed by atoms with E-state index in [4.69, 9.17) is 26.8 Å². The quantitative estimate of drug-likeness (QED) is 0.836. The van der Waals surface area contributed by atoms with E-state index in [2.05, 4.69) is 0 Å². The highest BCUT2D eigenvalue weighted by molar-refractivity contribution is 6.32. The molecule has 14 heavy (non-hydrogen) atoms. The normalized spacial score (nSPS) is 12.6. The van der Waals surface area contributed by atoms with E-state index < -0.39 is 0 Å². The van der Waals surface area contributed by atoms with Crippen LogP contribution < -0.4 is 10.5 Å². The molecule has 0 saturated carbocycles. The standard InChI is InChI=1S/C10H14ClNO2/c1-13-6-9(12)7-3-4-8(11)10(5-7)14-2/h3-5,9H,6,12H2,1-2H3. The van der Waals surface area contributed by atoms with Gasteiger partial charge in [0.2, 0.25) is 0 Å². The van der Waals surface area contributed by atoms with Crippen molar-refractivity contribution in [2.24, 2.45) is 5.73 Å². The monoisotopic (exact) mass is 215 g/mol. The summed E-state index contributed by atoms with van der Waals surface area (Å²) >= 11 is 5.88. The second kappa shape index (κ2) is 5.20. The van der Waals surface area contributed by atoms with Crippen molar-refractivity contribution >= 4 is 11.6 Å². The van der Waals surface area contributed by atoms with Gasteiger partial charge in [-0.05, 0) is 17.7 Å². The zero-order valence-electron chi connectivity index (χ0n) is 8.29. The van der Waals surface area contributed by atoms with E-state index in [1.54, 1.807) is 20.3 Å². The van der Waals surface area contributed by atoms with Crippen LogP contribution in [-0.4, -0.2) is 20.8 Å². The van der Waals surface area contributed by atoms with Crippen molar-refractivity contribution in [3.63, 3.8) is 0 Å². The Bertz CT molecular complexity index is 304.